The fourth-order valence-corrected chi connectivity index (χ4v) is 6.54. The topological polar surface area (TPSA) is 78.7 Å². The number of aliphatic hydroxyl groups is 1. The van der Waals surface area contributed by atoms with Crippen LogP contribution in [0, 0.1) is 0 Å². The van der Waals surface area contributed by atoms with Gasteiger partial charge < -0.3 is 9.67 Å². The summed E-state index contributed by atoms with van der Waals surface area (Å²) < 4.78 is 69.2. The fourth-order valence-electron chi connectivity index (χ4n) is 4.93. The molecule has 1 aromatic heterocycles. The van der Waals surface area contributed by atoms with Gasteiger partial charge in [0.2, 0.25) is 10.0 Å². The first-order valence-electron chi connectivity index (χ1n) is 11.0. The highest BCUT2D eigenvalue weighted by Gasteiger charge is 2.51. The second kappa shape index (κ2) is 8.68. The van der Waals surface area contributed by atoms with Crippen LogP contribution in [-0.4, -0.2) is 70.2 Å². The molecule has 0 spiro atoms. The molecule has 1 aliphatic heterocycles. The summed E-state index contributed by atoms with van der Waals surface area (Å²) in [6.45, 7) is 4.03. The zero-order valence-electron chi connectivity index (χ0n) is 18.6. The Morgan fingerprint density at radius 1 is 1.09 bits per heavy atom. The molecule has 1 saturated heterocycles. The maximum absolute atomic E-state index is 13.2. The van der Waals surface area contributed by atoms with Crippen molar-refractivity contribution in [3.8, 4) is 0 Å². The van der Waals surface area contributed by atoms with Gasteiger partial charge in [-0.1, -0.05) is 12.1 Å². The van der Waals surface area contributed by atoms with Gasteiger partial charge >= 0.3 is 6.18 Å². The number of sulfonamides is 1. The zero-order valence-corrected chi connectivity index (χ0v) is 19.4. The monoisotopic (exact) mass is 486 g/mol. The normalized spacial score (nSPS) is 27.5. The van der Waals surface area contributed by atoms with Gasteiger partial charge in [-0.2, -0.15) is 17.5 Å². The average Bonchev–Trinajstić information content (AvgIpc) is 3.44. The van der Waals surface area contributed by atoms with Gasteiger partial charge in [0.25, 0.3) is 0 Å². The molecular weight excluding hydrogens is 457 g/mol. The molecule has 1 saturated carbocycles. The van der Waals surface area contributed by atoms with Gasteiger partial charge in [-0.25, -0.2) is 13.4 Å². The molecule has 1 unspecified atom stereocenters. The number of halogens is 3. The van der Waals surface area contributed by atoms with Gasteiger partial charge in [0.05, 0.1) is 11.2 Å². The molecule has 0 bridgehead atoms. The van der Waals surface area contributed by atoms with Crippen LogP contribution >= 0.6 is 0 Å². The van der Waals surface area contributed by atoms with Crippen molar-refractivity contribution in [3.63, 3.8) is 0 Å². The van der Waals surface area contributed by atoms with E-state index >= 15 is 0 Å². The third-order valence-corrected chi connectivity index (χ3v) is 9.04. The Balaban J connectivity index is 1.43. The Bertz CT molecular complexity index is 1060. The lowest BCUT2D eigenvalue weighted by molar-refractivity contribution is -0.258. The van der Waals surface area contributed by atoms with Crippen LogP contribution < -0.4 is 0 Å². The van der Waals surface area contributed by atoms with Gasteiger partial charge in [-0.05, 0) is 50.8 Å². The number of alkyl halides is 3. The van der Waals surface area contributed by atoms with E-state index in [0.717, 1.165) is 43.5 Å². The quantitative estimate of drug-likeness (QED) is 0.703. The number of rotatable bonds is 5. The van der Waals surface area contributed by atoms with E-state index in [2.05, 4.69) is 14.5 Å². The predicted molar refractivity (Wildman–Crippen MR) is 116 cm³/mol. The number of piperazine rings is 1. The predicted octanol–water partition coefficient (Wildman–Crippen LogP) is 3.14. The van der Waals surface area contributed by atoms with Crippen molar-refractivity contribution in [3.05, 3.63) is 48.5 Å². The van der Waals surface area contributed by atoms with Crippen molar-refractivity contribution in [1.82, 2.24) is 18.8 Å². The lowest BCUT2D eigenvalue weighted by Gasteiger charge is -2.41. The third kappa shape index (κ3) is 4.55. The van der Waals surface area contributed by atoms with E-state index in [1.165, 1.54) is 4.31 Å². The standard InChI is InChI=1S/C22H29F3N4O3S/c1-16-14-27(18-5-6-19(13-18)28-10-9-26-15-28)11-12-29(16)33(31,32)20-7-3-17(4-8-20)21(2,30)22(23,24)25/h3-4,7-10,15-16,18-19,30H,5-6,11-14H2,1-2H3/t16-,18-,19+,21?/m1/s1. The highest BCUT2D eigenvalue weighted by molar-refractivity contribution is 7.89. The van der Waals surface area contributed by atoms with Crippen molar-refractivity contribution >= 4 is 10.0 Å². The molecule has 182 valence electrons. The molecule has 2 aromatic rings. The molecule has 4 atom stereocenters. The smallest absolute Gasteiger partial charge is 0.376 e. The van der Waals surface area contributed by atoms with E-state index < -0.39 is 27.4 Å². The van der Waals surface area contributed by atoms with Crippen LogP contribution in [0.25, 0.3) is 0 Å². The summed E-state index contributed by atoms with van der Waals surface area (Å²) in [4.78, 5) is 6.39. The largest absolute Gasteiger partial charge is 0.421 e. The van der Waals surface area contributed by atoms with Crippen LogP contribution in [0.5, 0.6) is 0 Å². The number of hydrogen-bond acceptors (Lipinski definition) is 5. The molecule has 1 aliphatic carbocycles. The molecule has 2 aliphatic rings. The Hall–Kier alpha value is -1.95. The molecule has 11 heteroatoms. The van der Waals surface area contributed by atoms with E-state index in [-0.39, 0.29) is 10.9 Å². The van der Waals surface area contributed by atoms with Gasteiger partial charge in [-0.15, -0.1) is 0 Å². The maximum atomic E-state index is 13.2. The van der Waals surface area contributed by atoms with Crippen molar-refractivity contribution < 1.29 is 26.7 Å². The second-order valence-corrected chi connectivity index (χ2v) is 11.1. The Labute approximate surface area is 191 Å². The first-order chi connectivity index (χ1) is 15.4. The van der Waals surface area contributed by atoms with Crippen molar-refractivity contribution in [2.75, 3.05) is 19.6 Å². The summed E-state index contributed by atoms with van der Waals surface area (Å²) >= 11 is 0. The van der Waals surface area contributed by atoms with Gasteiger partial charge in [0, 0.05) is 50.2 Å². The minimum absolute atomic E-state index is 0.0782. The highest BCUT2D eigenvalue weighted by atomic mass is 32.2. The van der Waals surface area contributed by atoms with Crippen molar-refractivity contribution in [1.29, 1.82) is 0 Å². The molecule has 0 radical (unpaired) electrons. The van der Waals surface area contributed by atoms with Crippen molar-refractivity contribution in [2.24, 2.45) is 0 Å². The van der Waals surface area contributed by atoms with Gasteiger partial charge in [-0.3, -0.25) is 4.90 Å². The van der Waals surface area contributed by atoms with Gasteiger partial charge in [0.1, 0.15) is 0 Å². The molecule has 4 rings (SSSR count). The molecular formula is C22H29F3N4O3S. The van der Waals surface area contributed by atoms with E-state index in [0.29, 0.717) is 38.6 Å². The summed E-state index contributed by atoms with van der Waals surface area (Å²) in [6.07, 6.45) is 3.81. The summed E-state index contributed by atoms with van der Waals surface area (Å²) in [5.74, 6) is 0. The number of aromatic nitrogens is 2. The van der Waals surface area contributed by atoms with Crippen molar-refractivity contribution in [2.45, 2.75) is 67.9 Å². The first-order valence-corrected chi connectivity index (χ1v) is 12.5. The van der Waals surface area contributed by atoms with E-state index in [4.69, 9.17) is 0 Å². The summed E-state index contributed by atoms with van der Waals surface area (Å²) in [5.41, 5.74) is -3.45. The van der Waals surface area contributed by atoms with Gasteiger partial charge in [0.15, 0.2) is 5.60 Å². The first kappa shape index (κ1) is 24.2. The SMILES string of the molecule is C[C@@H]1CN([C@@H]2CC[C@H](n3ccnc3)C2)CCN1S(=O)(=O)c1ccc(C(C)(O)C(F)(F)F)cc1. The minimum Gasteiger partial charge on any atom is -0.376 e. The Morgan fingerprint density at radius 3 is 2.33 bits per heavy atom. The number of hydrogen-bond donors (Lipinski definition) is 1. The number of imidazole rings is 1. The lowest BCUT2D eigenvalue weighted by atomic mass is 9.96. The molecule has 1 aromatic carbocycles. The molecule has 33 heavy (non-hydrogen) atoms. The van der Waals surface area contributed by atoms with Crippen LogP contribution in [0.15, 0.2) is 47.9 Å². The zero-order chi connectivity index (χ0) is 24.0. The van der Waals surface area contributed by atoms with Crippen LogP contribution in [0.4, 0.5) is 13.2 Å². The van der Waals surface area contributed by atoms with Crippen LogP contribution in [0.3, 0.4) is 0 Å². The minimum atomic E-state index is -4.87. The van der Waals surface area contributed by atoms with Crippen LogP contribution in [-0.2, 0) is 15.6 Å². The summed E-state index contributed by atoms with van der Waals surface area (Å²) in [7, 11) is -3.87. The van der Waals surface area contributed by atoms with E-state index in [1.54, 1.807) is 6.20 Å². The third-order valence-electron chi connectivity index (χ3n) is 7.01. The van der Waals surface area contributed by atoms with E-state index in [9.17, 15) is 26.7 Å². The number of benzene rings is 1. The Morgan fingerprint density at radius 2 is 1.76 bits per heavy atom. The van der Waals surface area contributed by atoms with Crippen LogP contribution in [0.2, 0.25) is 0 Å². The second-order valence-electron chi connectivity index (χ2n) is 9.18. The van der Waals surface area contributed by atoms with Crippen LogP contribution in [0.1, 0.15) is 44.7 Å². The Kier molecular flexibility index (Phi) is 6.36. The molecule has 1 N–H and O–H groups in total. The molecule has 7 nitrogen and oxygen atoms in total. The maximum Gasteiger partial charge on any atom is 0.421 e. The van der Waals surface area contributed by atoms with E-state index in [1.807, 2.05) is 19.4 Å². The lowest BCUT2D eigenvalue weighted by Crippen LogP contribution is -2.56. The molecule has 0 amide bonds. The molecule has 2 heterocycles. The summed E-state index contributed by atoms with van der Waals surface area (Å²) in [6, 6.07) is 4.84. The summed E-state index contributed by atoms with van der Waals surface area (Å²) in [5, 5.41) is 9.82. The highest BCUT2D eigenvalue weighted by Crippen LogP contribution is 2.39. The molecule has 2 fully saturated rings. The number of nitrogens with zero attached hydrogens (tertiary/aromatic N) is 4. The fraction of sp³-hybridized carbons (Fsp3) is 0.591. The average molecular weight is 487 g/mol.